The molecule has 0 spiro atoms. The molecule has 1 aliphatic rings. The third kappa shape index (κ3) is 3.06. The molecule has 0 aliphatic heterocycles. The van der Waals surface area contributed by atoms with Crippen LogP contribution in [-0.2, 0) is 0 Å². The zero-order chi connectivity index (χ0) is 8.81. The van der Waals surface area contributed by atoms with Crippen molar-refractivity contribution in [1.82, 2.24) is 0 Å². The van der Waals surface area contributed by atoms with E-state index >= 15 is 0 Å². The fourth-order valence-electron chi connectivity index (χ4n) is 0.959. The van der Waals surface area contributed by atoms with E-state index in [1.165, 1.54) is 11.5 Å². The molecule has 2 N–H and O–H groups in total. The smallest absolute Gasteiger partial charge is 0.0313 e. The van der Waals surface area contributed by atoms with Crippen LogP contribution in [0.15, 0.2) is 47.5 Å². The Labute approximate surface area is 75.5 Å². The van der Waals surface area contributed by atoms with Crippen molar-refractivity contribution in [3.05, 3.63) is 47.5 Å². The minimum absolute atomic E-state index is 0.807. The predicted octanol–water partition coefficient (Wildman–Crippen LogP) is 2.54. The van der Waals surface area contributed by atoms with Crippen LogP contribution in [0.3, 0.4) is 0 Å². The van der Waals surface area contributed by atoms with E-state index in [1.807, 2.05) is 24.3 Å². The lowest BCUT2D eigenvalue weighted by Crippen LogP contribution is -1.91. The van der Waals surface area contributed by atoms with Gasteiger partial charge in [0.1, 0.15) is 0 Å². The fourth-order valence-corrected chi connectivity index (χ4v) is 1.80. The van der Waals surface area contributed by atoms with Crippen LogP contribution < -0.4 is 5.73 Å². The summed E-state index contributed by atoms with van der Waals surface area (Å²) in [4.78, 5) is 0. The zero-order valence-corrected chi connectivity index (χ0v) is 8.25. The second kappa shape index (κ2) is 4.95. The van der Waals surface area contributed by atoms with Crippen LogP contribution >= 0.6 is 8.58 Å². The van der Waals surface area contributed by atoms with Gasteiger partial charge in [-0.3, -0.25) is 0 Å². The lowest BCUT2D eigenvalue weighted by Gasteiger charge is -1.99. The minimum atomic E-state index is 0.807. The van der Waals surface area contributed by atoms with Gasteiger partial charge in [-0.25, -0.2) is 0 Å². The number of hydrogen-bond donors (Lipinski definition) is 1. The maximum atomic E-state index is 5.62. The molecule has 0 bridgehead atoms. The summed E-state index contributed by atoms with van der Waals surface area (Å²) in [5, 5.41) is 1.39. The van der Waals surface area contributed by atoms with E-state index in [9.17, 15) is 0 Å². The summed E-state index contributed by atoms with van der Waals surface area (Å²) in [6.45, 7) is 2.19. The summed E-state index contributed by atoms with van der Waals surface area (Å²) < 4.78 is 0. The number of hydrogen-bond acceptors (Lipinski definition) is 1. The zero-order valence-electron chi connectivity index (χ0n) is 7.25. The molecule has 1 nitrogen and oxygen atoms in total. The lowest BCUT2D eigenvalue weighted by atomic mass is 10.3. The van der Waals surface area contributed by atoms with Crippen LogP contribution in [0.25, 0.3) is 0 Å². The molecule has 0 amide bonds. The molecular formula is C10H14NP. The highest BCUT2D eigenvalue weighted by Crippen LogP contribution is 2.24. The average Bonchev–Trinajstić information content (AvgIpc) is 2.00. The standard InChI is InChI=1S/C10H14NP/c1-2-12-10-7-3-5-9(11)6-4-8-10/h3-8,12H,2,11H2,1H3. The van der Waals surface area contributed by atoms with Gasteiger partial charge in [-0.1, -0.05) is 39.8 Å². The van der Waals surface area contributed by atoms with Crippen LogP contribution in [0.2, 0.25) is 0 Å². The monoisotopic (exact) mass is 179 g/mol. The van der Waals surface area contributed by atoms with Crippen LogP contribution in [0.1, 0.15) is 6.92 Å². The molecule has 0 aromatic rings. The first-order valence-corrected chi connectivity index (χ1v) is 5.29. The molecule has 1 atom stereocenters. The maximum absolute atomic E-state index is 5.62. The molecular weight excluding hydrogens is 165 g/mol. The van der Waals surface area contributed by atoms with Crippen molar-refractivity contribution in [3.63, 3.8) is 0 Å². The highest BCUT2D eigenvalue weighted by Gasteiger charge is 1.89. The Morgan fingerprint density at radius 3 is 2.75 bits per heavy atom. The summed E-state index contributed by atoms with van der Waals surface area (Å²) in [5.74, 6) is 0. The predicted molar refractivity (Wildman–Crippen MR) is 57.5 cm³/mol. The highest BCUT2D eigenvalue weighted by atomic mass is 31.1. The quantitative estimate of drug-likeness (QED) is 0.647. The maximum Gasteiger partial charge on any atom is 0.0313 e. The highest BCUT2D eigenvalue weighted by molar-refractivity contribution is 7.43. The minimum Gasteiger partial charge on any atom is -0.399 e. The molecule has 0 aromatic carbocycles. The van der Waals surface area contributed by atoms with Crippen molar-refractivity contribution in [3.8, 4) is 0 Å². The lowest BCUT2D eigenvalue weighted by molar-refractivity contribution is 1.42. The first-order valence-electron chi connectivity index (χ1n) is 4.09. The summed E-state index contributed by atoms with van der Waals surface area (Å²) in [7, 11) is 0.902. The van der Waals surface area contributed by atoms with Gasteiger partial charge < -0.3 is 5.73 Å². The molecule has 2 heteroatoms. The van der Waals surface area contributed by atoms with Gasteiger partial charge in [0.05, 0.1) is 0 Å². The van der Waals surface area contributed by atoms with Gasteiger partial charge in [-0.15, -0.1) is 0 Å². The summed E-state index contributed by atoms with van der Waals surface area (Å²) in [6, 6.07) is 0. The average molecular weight is 179 g/mol. The van der Waals surface area contributed by atoms with Crippen molar-refractivity contribution in [2.75, 3.05) is 6.16 Å². The molecule has 1 aliphatic carbocycles. The van der Waals surface area contributed by atoms with E-state index < -0.39 is 0 Å². The topological polar surface area (TPSA) is 26.0 Å². The first kappa shape index (κ1) is 9.28. The Kier molecular flexibility index (Phi) is 3.83. The molecule has 0 saturated heterocycles. The van der Waals surface area contributed by atoms with Gasteiger partial charge in [0, 0.05) is 5.70 Å². The second-order valence-electron chi connectivity index (χ2n) is 2.54. The molecule has 1 unspecified atom stereocenters. The third-order valence-electron chi connectivity index (χ3n) is 1.51. The Balaban J connectivity index is 2.69. The summed E-state index contributed by atoms with van der Waals surface area (Å²) >= 11 is 0. The molecule has 0 aromatic heterocycles. The van der Waals surface area contributed by atoms with Crippen molar-refractivity contribution < 1.29 is 0 Å². The van der Waals surface area contributed by atoms with Crippen LogP contribution in [-0.4, -0.2) is 6.16 Å². The fraction of sp³-hybridized carbons (Fsp3) is 0.200. The molecule has 64 valence electrons. The van der Waals surface area contributed by atoms with Gasteiger partial charge in [0.2, 0.25) is 0 Å². The van der Waals surface area contributed by atoms with Crippen LogP contribution in [0, 0.1) is 0 Å². The number of rotatable bonds is 2. The van der Waals surface area contributed by atoms with Crippen LogP contribution in [0.5, 0.6) is 0 Å². The normalized spacial score (nSPS) is 17.4. The molecule has 12 heavy (non-hydrogen) atoms. The summed E-state index contributed by atoms with van der Waals surface area (Å²) in [6.07, 6.45) is 13.3. The van der Waals surface area contributed by atoms with E-state index in [0.717, 1.165) is 14.3 Å². The van der Waals surface area contributed by atoms with Crippen molar-refractivity contribution in [2.45, 2.75) is 6.92 Å². The Bertz CT molecular complexity index is 259. The molecule has 0 radical (unpaired) electrons. The molecule has 0 saturated carbocycles. The van der Waals surface area contributed by atoms with Gasteiger partial charge in [0.15, 0.2) is 0 Å². The molecule has 1 rings (SSSR count). The van der Waals surface area contributed by atoms with Crippen molar-refractivity contribution in [1.29, 1.82) is 0 Å². The van der Waals surface area contributed by atoms with E-state index in [4.69, 9.17) is 5.73 Å². The Morgan fingerprint density at radius 1 is 1.25 bits per heavy atom. The van der Waals surface area contributed by atoms with Gasteiger partial charge >= 0.3 is 0 Å². The Morgan fingerprint density at radius 2 is 2.00 bits per heavy atom. The number of nitrogens with two attached hydrogens (primary N) is 1. The van der Waals surface area contributed by atoms with E-state index in [0.29, 0.717) is 0 Å². The van der Waals surface area contributed by atoms with Gasteiger partial charge in [-0.2, -0.15) is 0 Å². The van der Waals surface area contributed by atoms with Crippen molar-refractivity contribution in [2.24, 2.45) is 5.73 Å². The molecule has 0 heterocycles. The van der Waals surface area contributed by atoms with Gasteiger partial charge in [-0.05, 0) is 23.6 Å². The van der Waals surface area contributed by atoms with E-state index in [-0.39, 0.29) is 0 Å². The van der Waals surface area contributed by atoms with E-state index in [1.54, 1.807) is 0 Å². The van der Waals surface area contributed by atoms with Crippen LogP contribution in [0.4, 0.5) is 0 Å². The van der Waals surface area contributed by atoms with Crippen molar-refractivity contribution >= 4 is 8.58 Å². The number of allylic oxidation sites excluding steroid dienone is 7. The largest absolute Gasteiger partial charge is 0.399 e. The second-order valence-corrected chi connectivity index (χ2v) is 4.18. The Hall–Kier alpha value is -0.810. The SMILES string of the molecule is CCPC1=CC=CC(N)=CC=C1. The van der Waals surface area contributed by atoms with E-state index in [2.05, 4.69) is 19.1 Å². The first-order chi connectivity index (χ1) is 5.83. The summed E-state index contributed by atoms with van der Waals surface area (Å²) in [5.41, 5.74) is 6.43. The third-order valence-corrected chi connectivity index (χ3v) is 2.60. The molecule has 0 fully saturated rings. The van der Waals surface area contributed by atoms with Gasteiger partial charge in [0.25, 0.3) is 0 Å².